The molecule has 1 aliphatic carbocycles. The van der Waals surface area contributed by atoms with Crippen LogP contribution in [0.3, 0.4) is 0 Å². The smallest absolute Gasteiger partial charge is 0.239 e. The Morgan fingerprint density at radius 1 is 1.69 bits per heavy atom. The van der Waals surface area contributed by atoms with Crippen molar-refractivity contribution >= 4 is 11.7 Å². The first-order valence-electron chi connectivity index (χ1n) is 5.72. The molecule has 1 fully saturated rings. The van der Waals surface area contributed by atoms with Gasteiger partial charge in [-0.3, -0.25) is 9.48 Å². The van der Waals surface area contributed by atoms with Crippen LogP contribution < -0.4 is 11.1 Å². The van der Waals surface area contributed by atoms with Gasteiger partial charge in [-0.2, -0.15) is 5.10 Å². The molecular weight excluding hydrogens is 204 g/mol. The Kier molecular flexibility index (Phi) is 3.12. The number of hydrogen-bond donors (Lipinski definition) is 2. The molecule has 0 radical (unpaired) electrons. The quantitative estimate of drug-likeness (QED) is 0.797. The summed E-state index contributed by atoms with van der Waals surface area (Å²) >= 11 is 0. The van der Waals surface area contributed by atoms with E-state index in [1.165, 1.54) is 19.3 Å². The molecule has 1 saturated carbocycles. The Bertz CT molecular complexity index is 374. The first kappa shape index (κ1) is 11.0. The van der Waals surface area contributed by atoms with Gasteiger partial charge in [0.2, 0.25) is 5.91 Å². The van der Waals surface area contributed by atoms with Crippen molar-refractivity contribution in [3.8, 4) is 0 Å². The average Bonchev–Trinajstić information content (AvgIpc) is 2.76. The number of nitrogens with zero attached hydrogens (tertiary/aromatic N) is 2. The van der Waals surface area contributed by atoms with Crippen LogP contribution in [-0.2, 0) is 11.3 Å². The van der Waals surface area contributed by atoms with Gasteiger partial charge in [-0.15, -0.1) is 0 Å². The van der Waals surface area contributed by atoms with E-state index < -0.39 is 0 Å². The normalized spacial score (nSPS) is 24.6. The molecule has 3 N–H and O–H groups in total. The second-order valence-electron chi connectivity index (χ2n) is 4.62. The molecule has 0 saturated heterocycles. The standard InChI is InChI=1S/C11H18N4O/c1-8-2-3-9(6-8)13-11-4-5-15(14-11)7-10(12)16/h4-5,8-9H,2-3,6-7H2,1H3,(H2,12,16)(H,13,14). The molecule has 2 unspecified atom stereocenters. The molecule has 0 bridgehead atoms. The Morgan fingerprint density at radius 2 is 2.50 bits per heavy atom. The first-order chi connectivity index (χ1) is 7.63. The fraction of sp³-hybridized carbons (Fsp3) is 0.636. The van der Waals surface area contributed by atoms with Crippen LogP contribution in [0, 0.1) is 5.92 Å². The fourth-order valence-corrected chi connectivity index (χ4v) is 2.23. The lowest BCUT2D eigenvalue weighted by Crippen LogP contribution is -2.20. The van der Waals surface area contributed by atoms with Crippen molar-refractivity contribution in [1.82, 2.24) is 9.78 Å². The van der Waals surface area contributed by atoms with Gasteiger partial charge in [0, 0.05) is 18.3 Å². The van der Waals surface area contributed by atoms with Gasteiger partial charge in [0.15, 0.2) is 0 Å². The van der Waals surface area contributed by atoms with Crippen LogP contribution in [0.5, 0.6) is 0 Å². The average molecular weight is 222 g/mol. The van der Waals surface area contributed by atoms with Crippen LogP contribution in [0.1, 0.15) is 26.2 Å². The number of aromatic nitrogens is 2. The number of carbonyl (C=O) groups excluding carboxylic acids is 1. The van der Waals surface area contributed by atoms with E-state index in [0.29, 0.717) is 6.04 Å². The first-order valence-corrected chi connectivity index (χ1v) is 5.72. The van der Waals surface area contributed by atoms with E-state index in [2.05, 4.69) is 17.3 Å². The lowest BCUT2D eigenvalue weighted by Gasteiger charge is -2.10. The maximum Gasteiger partial charge on any atom is 0.239 e. The largest absolute Gasteiger partial charge is 0.368 e. The highest BCUT2D eigenvalue weighted by atomic mass is 16.1. The number of amides is 1. The predicted molar refractivity (Wildman–Crippen MR) is 61.8 cm³/mol. The van der Waals surface area contributed by atoms with E-state index in [0.717, 1.165) is 11.7 Å². The molecule has 1 amide bonds. The van der Waals surface area contributed by atoms with E-state index in [-0.39, 0.29) is 12.5 Å². The summed E-state index contributed by atoms with van der Waals surface area (Å²) < 4.78 is 1.56. The third-order valence-corrected chi connectivity index (χ3v) is 3.01. The summed E-state index contributed by atoms with van der Waals surface area (Å²) in [5, 5.41) is 7.62. The number of hydrogen-bond acceptors (Lipinski definition) is 3. The molecular formula is C11H18N4O. The minimum atomic E-state index is -0.371. The molecule has 0 spiro atoms. The van der Waals surface area contributed by atoms with E-state index in [1.54, 1.807) is 10.9 Å². The molecule has 1 aromatic heterocycles. The van der Waals surface area contributed by atoms with Crippen molar-refractivity contribution in [2.24, 2.45) is 11.7 Å². The second kappa shape index (κ2) is 4.55. The molecule has 1 aromatic rings. The van der Waals surface area contributed by atoms with Crippen LogP contribution in [0.2, 0.25) is 0 Å². The lowest BCUT2D eigenvalue weighted by atomic mass is 10.1. The number of anilines is 1. The van der Waals surface area contributed by atoms with Gasteiger partial charge in [-0.05, 0) is 25.2 Å². The summed E-state index contributed by atoms with van der Waals surface area (Å²) in [6.07, 6.45) is 5.44. The van der Waals surface area contributed by atoms with Crippen molar-refractivity contribution < 1.29 is 4.79 Å². The Balaban J connectivity index is 1.90. The summed E-state index contributed by atoms with van der Waals surface area (Å²) in [7, 11) is 0. The second-order valence-corrected chi connectivity index (χ2v) is 4.62. The molecule has 0 aliphatic heterocycles. The van der Waals surface area contributed by atoms with E-state index in [4.69, 9.17) is 5.73 Å². The van der Waals surface area contributed by atoms with Gasteiger partial charge in [-0.25, -0.2) is 0 Å². The van der Waals surface area contributed by atoms with Crippen molar-refractivity contribution in [2.45, 2.75) is 38.8 Å². The van der Waals surface area contributed by atoms with Crippen LogP contribution in [0.15, 0.2) is 12.3 Å². The lowest BCUT2D eigenvalue weighted by molar-refractivity contribution is -0.118. The molecule has 1 aliphatic rings. The molecule has 2 atom stereocenters. The van der Waals surface area contributed by atoms with Crippen LogP contribution in [0.25, 0.3) is 0 Å². The van der Waals surface area contributed by atoms with Gasteiger partial charge in [0.1, 0.15) is 12.4 Å². The summed E-state index contributed by atoms with van der Waals surface area (Å²) in [6.45, 7) is 2.41. The van der Waals surface area contributed by atoms with Crippen molar-refractivity contribution in [1.29, 1.82) is 0 Å². The van der Waals surface area contributed by atoms with Crippen LogP contribution >= 0.6 is 0 Å². The predicted octanol–water partition coefficient (Wildman–Crippen LogP) is 0.969. The summed E-state index contributed by atoms with van der Waals surface area (Å²) in [5.74, 6) is 1.26. The van der Waals surface area contributed by atoms with Gasteiger partial charge in [0.05, 0.1) is 0 Å². The molecule has 2 rings (SSSR count). The molecule has 0 aromatic carbocycles. The fourth-order valence-electron chi connectivity index (χ4n) is 2.23. The zero-order valence-corrected chi connectivity index (χ0v) is 9.52. The molecule has 88 valence electrons. The van der Waals surface area contributed by atoms with E-state index in [9.17, 15) is 4.79 Å². The Hall–Kier alpha value is -1.52. The summed E-state index contributed by atoms with van der Waals surface area (Å²) in [5.41, 5.74) is 5.10. The minimum absolute atomic E-state index is 0.142. The highest BCUT2D eigenvalue weighted by Gasteiger charge is 2.21. The topological polar surface area (TPSA) is 72.9 Å². The molecule has 5 heteroatoms. The number of nitrogens with one attached hydrogen (secondary N) is 1. The molecule has 1 heterocycles. The van der Waals surface area contributed by atoms with Crippen molar-refractivity contribution in [3.63, 3.8) is 0 Å². The van der Waals surface area contributed by atoms with Crippen molar-refractivity contribution in [2.75, 3.05) is 5.32 Å². The number of carbonyl (C=O) groups is 1. The van der Waals surface area contributed by atoms with Gasteiger partial charge in [0.25, 0.3) is 0 Å². The van der Waals surface area contributed by atoms with Crippen LogP contribution in [0.4, 0.5) is 5.82 Å². The highest BCUT2D eigenvalue weighted by molar-refractivity contribution is 5.73. The highest BCUT2D eigenvalue weighted by Crippen LogP contribution is 2.26. The monoisotopic (exact) mass is 222 g/mol. The number of primary amides is 1. The third-order valence-electron chi connectivity index (χ3n) is 3.01. The van der Waals surface area contributed by atoms with Gasteiger partial charge in [-0.1, -0.05) is 6.92 Å². The third kappa shape index (κ3) is 2.74. The van der Waals surface area contributed by atoms with E-state index >= 15 is 0 Å². The number of nitrogens with two attached hydrogens (primary N) is 1. The maximum atomic E-state index is 10.7. The van der Waals surface area contributed by atoms with E-state index in [1.807, 2.05) is 6.07 Å². The maximum absolute atomic E-state index is 10.7. The van der Waals surface area contributed by atoms with Gasteiger partial charge >= 0.3 is 0 Å². The zero-order chi connectivity index (χ0) is 11.5. The Morgan fingerprint density at radius 3 is 3.12 bits per heavy atom. The minimum Gasteiger partial charge on any atom is -0.368 e. The molecule has 5 nitrogen and oxygen atoms in total. The molecule has 16 heavy (non-hydrogen) atoms. The van der Waals surface area contributed by atoms with Gasteiger partial charge < -0.3 is 11.1 Å². The van der Waals surface area contributed by atoms with Crippen LogP contribution in [-0.4, -0.2) is 21.7 Å². The summed E-state index contributed by atoms with van der Waals surface area (Å²) in [6, 6.07) is 2.40. The Labute approximate surface area is 95.0 Å². The number of rotatable bonds is 4. The van der Waals surface area contributed by atoms with Crippen molar-refractivity contribution in [3.05, 3.63) is 12.3 Å². The summed E-state index contributed by atoms with van der Waals surface area (Å²) in [4.78, 5) is 10.7. The zero-order valence-electron chi connectivity index (χ0n) is 9.52. The SMILES string of the molecule is CC1CCC(Nc2ccn(CC(N)=O)n2)C1.